The highest BCUT2D eigenvalue weighted by Gasteiger charge is 2.08. The molecule has 4 heteroatoms. The maximum atomic E-state index is 12.3. The van der Waals surface area contributed by atoms with Crippen LogP contribution in [0.25, 0.3) is 10.8 Å². The molecule has 0 aliphatic heterocycles. The number of hydrogen-bond acceptors (Lipinski definition) is 3. The zero-order valence-corrected chi connectivity index (χ0v) is 12.0. The van der Waals surface area contributed by atoms with Crippen molar-refractivity contribution in [3.8, 4) is 0 Å². The molecule has 0 aliphatic carbocycles. The summed E-state index contributed by atoms with van der Waals surface area (Å²) in [6, 6.07) is 17.0. The molecule has 2 N–H and O–H groups in total. The Morgan fingerprint density at radius 2 is 1.86 bits per heavy atom. The highest BCUT2D eigenvalue weighted by atomic mass is 16.3. The van der Waals surface area contributed by atoms with Gasteiger partial charge in [0.2, 0.25) is 0 Å². The summed E-state index contributed by atoms with van der Waals surface area (Å²) in [5, 5.41) is 13.8. The van der Waals surface area contributed by atoms with Crippen molar-refractivity contribution in [2.45, 2.75) is 6.42 Å². The first-order chi connectivity index (χ1) is 10.8. The zero-order chi connectivity index (χ0) is 15.4. The first kappa shape index (κ1) is 14.2. The molecule has 0 radical (unpaired) electrons. The number of carbonyl (C=O) groups is 1. The second kappa shape index (κ2) is 6.37. The molecule has 0 aliphatic rings. The van der Waals surface area contributed by atoms with Crippen LogP contribution in [-0.4, -0.2) is 22.6 Å². The lowest BCUT2D eigenvalue weighted by Gasteiger charge is -2.07. The molecule has 0 unspecified atom stereocenters. The molecule has 3 rings (SSSR count). The van der Waals surface area contributed by atoms with Crippen LogP contribution in [0.1, 0.15) is 16.1 Å². The summed E-state index contributed by atoms with van der Waals surface area (Å²) in [5.41, 5.74) is 2.06. The predicted octanol–water partition coefficient (Wildman–Crippen LogP) is 3.02. The smallest absolute Gasteiger partial charge is 0.274 e. The van der Waals surface area contributed by atoms with Gasteiger partial charge in [0.05, 0.1) is 0 Å². The molecule has 22 heavy (non-hydrogen) atoms. The second-order valence-electron chi connectivity index (χ2n) is 5.04. The molecule has 4 nitrogen and oxygen atoms in total. The fourth-order valence-corrected chi connectivity index (χ4v) is 2.34. The number of hydrogen-bond donors (Lipinski definition) is 2. The third-order valence-electron chi connectivity index (χ3n) is 3.45. The minimum atomic E-state index is -0.244. The topological polar surface area (TPSA) is 62.2 Å². The van der Waals surface area contributed by atoms with Gasteiger partial charge in [-0.2, -0.15) is 0 Å². The van der Waals surface area contributed by atoms with Gasteiger partial charge in [0, 0.05) is 23.9 Å². The summed E-state index contributed by atoms with van der Waals surface area (Å²) >= 11 is 0. The zero-order valence-electron chi connectivity index (χ0n) is 12.0. The average Bonchev–Trinajstić information content (AvgIpc) is 2.55. The summed E-state index contributed by atoms with van der Waals surface area (Å²) in [6.07, 6.45) is 2.27. The minimum Gasteiger partial charge on any atom is -0.396 e. The van der Waals surface area contributed by atoms with Crippen LogP contribution >= 0.6 is 0 Å². The Labute approximate surface area is 128 Å². The number of fused-ring (bicyclic) bond motifs is 1. The molecular formula is C18H16N2O2. The lowest BCUT2D eigenvalue weighted by atomic mass is 10.1. The Hall–Kier alpha value is -2.72. The van der Waals surface area contributed by atoms with E-state index in [1.807, 2.05) is 48.5 Å². The van der Waals surface area contributed by atoms with E-state index in [-0.39, 0.29) is 12.5 Å². The van der Waals surface area contributed by atoms with E-state index in [1.54, 1.807) is 12.3 Å². The van der Waals surface area contributed by atoms with Gasteiger partial charge in [-0.3, -0.25) is 9.78 Å². The number of nitrogens with one attached hydrogen (secondary N) is 1. The van der Waals surface area contributed by atoms with Crippen molar-refractivity contribution >= 4 is 22.4 Å². The van der Waals surface area contributed by atoms with E-state index in [0.29, 0.717) is 17.8 Å². The largest absolute Gasteiger partial charge is 0.396 e. The van der Waals surface area contributed by atoms with E-state index in [1.165, 1.54) is 0 Å². The number of rotatable bonds is 4. The molecule has 1 amide bonds. The quantitative estimate of drug-likeness (QED) is 0.777. The fraction of sp³-hybridized carbons (Fsp3) is 0.111. The van der Waals surface area contributed by atoms with Gasteiger partial charge in [0.1, 0.15) is 5.69 Å². The number of carbonyl (C=O) groups excluding carboxylic acids is 1. The van der Waals surface area contributed by atoms with Crippen LogP contribution in [-0.2, 0) is 6.42 Å². The number of pyridine rings is 1. The number of anilines is 1. The van der Waals surface area contributed by atoms with Gasteiger partial charge in [-0.15, -0.1) is 0 Å². The maximum absolute atomic E-state index is 12.3. The van der Waals surface area contributed by atoms with Gasteiger partial charge in [0.15, 0.2) is 0 Å². The second-order valence-corrected chi connectivity index (χ2v) is 5.04. The number of nitrogens with zero attached hydrogens (tertiary/aromatic N) is 1. The molecule has 0 atom stereocenters. The Balaban J connectivity index is 1.82. The predicted molar refractivity (Wildman–Crippen MR) is 86.9 cm³/mol. The molecule has 0 saturated heterocycles. The number of aliphatic hydroxyl groups excluding tert-OH is 1. The van der Waals surface area contributed by atoms with E-state index in [4.69, 9.17) is 5.11 Å². The van der Waals surface area contributed by atoms with Crippen molar-refractivity contribution in [2.75, 3.05) is 11.9 Å². The van der Waals surface area contributed by atoms with Crippen molar-refractivity contribution in [3.05, 3.63) is 72.1 Å². The first-order valence-electron chi connectivity index (χ1n) is 7.12. The van der Waals surface area contributed by atoms with Crippen molar-refractivity contribution in [1.29, 1.82) is 0 Å². The Morgan fingerprint density at radius 1 is 1.05 bits per heavy atom. The van der Waals surface area contributed by atoms with Crippen molar-refractivity contribution < 1.29 is 9.90 Å². The van der Waals surface area contributed by atoms with Gasteiger partial charge in [-0.25, -0.2) is 0 Å². The summed E-state index contributed by atoms with van der Waals surface area (Å²) in [7, 11) is 0. The molecule has 1 aromatic heterocycles. The molecule has 0 bridgehead atoms. The van der Waals surface area contributed by atoms with Crippen LogP contribution in [0, 0.1) is 0 Å². The third-order valence-corrected chi connectivity index (χ3v) is 3.45. The monoisotopic (exact) mass is 292 g/mol. The van der Waals surface area contributed by atoms with Crippen molar-refractivity contribution in [3.63, 3.8) is 0 Å². The number of benzene rings is 2. The lowest BCUT2D eigenvalue weighted by molar-refractivity contribution is 0.102. The van der Waals surface area contributed by atoms with Gasteiger partial charge in [-0.1, -0.05) is 36.4 Å². The van der Waals surface area contributed by atoms with Crippen LogP contribution in [0.3, 0.4) is 0 Å². The molecule has 0 fully saturated rings. The molecule has 0 spiro atoms. The number of aliphatic hydroxyl groups is 1. The molecule has 2 aromatic carbocycles. The van der Waals surface area contributed by atoms with E-state index in [2.05, 4.69) is 10.3 Å². The highest BCUT2D eigenvalue weighted by Crippen LogP contribution is 2.16. The Kier molecular flexibility index (Phi) is 4.12. The summed E-state index contributed by atoms with van der Waals surface area (Å²) < 4.78 is 0. The highest BCUT2D eigenvalue weighted by molar-refractivity contribution is 6.04. The molecular weight excluding hydrogens is 276 g/mol. The SMILES string of the molecule is O=C(Nc1cccc(CCO)c1)c1cc2ccccc2cn1. The van der Waals surface area contributed by atoms with Gasteiger partial charge in [-0.05, 0) is 35.6 Å². The summed E-state index contributed by atoms with van der Waals surface area (Å²) in [4.78, 5) is 16.5. The van der Waals surface area contributed by atoms with Crippen LogP contribution < -0.4 is 5.32 Å². The van der Waals surface area contributed by atoms with E-state index < -0.39 is 0 Å². The van der Waals surface area contributed by atoms with Crippen molar-refractivity contribution in [2.24, 2.45) is 0 Å². The fourth-order valence-electron chi connectivity index (χ4n) is 2.34. The van der Waals surface area contributed by atoms with Crippen LogP contribution in [0.15, 0.2) is 60.8 Å². The number of aromatic nitrogens is 1. The van der Waals surface area contributed by atoms with E-state index in [0.717, 1.165) is 16.3 Å². The minimum absolute atomic E-state index is 0.0869. The summed E-state index contributed by atoms with van der Waals surface area (Å²) in [5.74, 6) is -0.244. The Bertz CT molecular complexity index is 815. The van der Waals surface area contributed by atoms with E-state index in [9.17, 15) is 4.79 Å². The maximum Gasteiger partial charge on any atom is 0.274 e. The van der Waals surface area contributed by atoms with Crippen LogP contribution in [0.5, 0.6) is 0 Å². The van der Waals surface area contributed by atoms with Crippen LogP contribution in [0.2, 0.25) is 0 Å². The van der Waals surface area contributed by atoms with E-state index >= 15 is 0 Å². The van der Waals surface area contributed by atoms with Gasteiger partial charge >= 0.3 is 0 Å². The summed E-state index contributed by atoms with van der Waals surface area (Å²) in [6.45, 7) is 0.0869. The third kappa shape index (κ3) is 3.13. The molecule has 0 saturated carbocycles. The standard InChI is InChI=1S/C18H16N2O2/c21-9-8-13-4-3-7-16(10-13)20-18(22)17-11-14-5-1-2-6-15(14)12-19-17/h1-7,10-12,21H,8-9H2,(H,20,22). The molecule has 3 aromatic rings. The Morgan fingerprint density at radius 3 is 2.68 bits per heavy atom. The molecule has 1 heterocycles. The van der Waals surface area contributed by atoms with Gasteiger partial charge in [0.25, 0.3) is 5.91 Å². The normalized spacial score (nSPS) is 10.6. The number of amides is 1. The van der Waals surface area contributed by atoms with Gasteiger partial charge < -0.3 is 10.4 Å². The lowest BCUT2D eigenvalue weighted by Crippen LogP contribution is -2.13. The van der Waals surface area contributed by atoms with Crippen LogP contribution in [0.4, 0.5) is 5.69 Å². The molecule has 110 valence electrons. The average molecular weight is 292 g/mol. The van der Waals surface area contributed by atoms with Crippen molar-refractivity contribution in [1.82, 2.24) is 4.98 Å². The first-order valence-corrected chi connectivity index (χ1v) is 7.12.